The molecule has 0 saturated carbocycles. The molecule has 0 spiro atoms. The van der Waals surface area contributed by atoms with Crippen molar-refractivity contribution in [1.29, 1.82) is 0 Å². The summed E-state index contributed by atoms with van der Waals surface area (Å²) in [7, 11) is 0. The van der Waals surface area contributed by atoms with E-state index in [2.05, 4.69) is 5.32 Å². The van der Waals surface area contributed by atoms with Crippen molar-refractivity contribution in [2.75, 3.05) is 5.32 Å². The van der Waals surface area contributed by atoms with Gasteiger partial charge in [-0.05, 0) is 44.4 Å². The fourth-order valence-electron chi connectivity index (χ4n) is 1.87. The number of nitrogens with one attached hydrogen (secondary N) is 1. The molecule has 2 unspecified atom stereocenters. The summed E-state index contributed by atoms with van der Waals surface area (Å²) in [6.45, 7) is 5.98. The second kappa shape index (κ2) is 7.17. The zero-order valence-electron chi connectivity index (χ0n) is 11.6. The smallest absolute Gasteiger partial charge is 0.227 e. The number of nitrogens with two attached hydrogens (primary N) is 1. The van der Waals surface area contributed by atoms with E-state index >= 15 is 0 Å². The molecule has 18 heavy (non-hydrogen) atoms. The molecule has 1 rings (SSSR count). The summed E-state index contributed by atoms with van der Waals surface area (Å²) in [4.78, 5) is 12.0. The first kappa shape index (κ1) is 14.7. The van der Waals surface area contributed by atoms with Gasteiger partial charge in [0.25, 0.3) is 0 Å². The van der Waals surface area contributed by atoms with Crippen LogP contribution in [-0.4, -0.2) is 11.9 Å². The van der Waals surface area contributed by atoms with Gasteiger partial charge in [-0.15, -0.1) is 0 Å². The first-order valence-electron chi connectivity index (χ1n) is 6.62. The molecule has 1 aromatic carbocycles. The minimum atomic E-state index is 0.0317. The van der Waals surface area contributed by atoms with Crippen LogP contribution >= 0.6 is 0 Å². The molecule has 0 heterocycles. The molecule has 3 N–H and O–H groups in total. The van der Waals surface area contributed by atoms with Gasteiger partial charge in [-0.25, -0.2) is 0 Å². The number of carbonyl (C=O) groups is 1. The van der Waals surface area contributed by atoms with E-state index in [1.807, 2.05) is 45.0 Å². The zero-order chi connectivity index (χ0) is 13.5. The first-order chi connectivity index (χ1) is 8.49. The Labute approximate surface area is 110 Å². The standard InChI is InChI=1S/C15H24N2O/c1-11-6-4-9-14(10-11)17-15(18)12(2)7-5-8-13(3)16/h4,6,9-10,12-13H,5,7-8,16H2,1-3H3,(H,17,18). The van der Waals surface area contributed by atoms with Crippen molar-refractivity contribution in [1.82, 2.24) is 0 Å². The summed E-state index contributed by atoms with van der Waals surface area (Å²) in [5.74, 6) is 0.120. The number of anilines is 1. The van der Waals surface area contributed by atoms with Gasteiger partial charge in [0, 0.05) is 17.6 Å². The maximum Gasteiger partial charge on any atom is 0.227 e. The second-order valence-corrected chi connectivity index (χ2v) is 5.17. The van der Waals surface area contributed by atoms with E-state index < -0.39 is 0 Å². The molecule has 0 aliphatic rings. The lowest BCUT2D eigenvalue weighted by atomic mass is 10.0. The largest absolute Gasteiger partial charge is 0.328 e. The molecule has 0 radical (unpaired) electrons. The number of aryl methyl sites for hydroxylation is 1. The monoisotopic (exact) mass is 248 g/mol. The van der Waals surface area contributed by atoms with Gasteiger partial charge in [0.2, 0.25) is 5.91 Å². The van der Waals surface area contributed by atoms with E-state index in [9.17, 15) is 4.79 Å². The van der Waals surface area contributed by atoms with Crippen molar-refractivity contribution < 1.29 is 4.79 Å². The van der Waals surface area contributed by atoms with Crippen LogP contribution in [0.5, 0.6) is 0 Å². The summed E-state index contributed by atoms with van der Waals surface area (Å²) in [6, 6.07) is 8.08. The van der Waals surface area contributed by atoms with Gasteiger partial charge < -0.3 is 11.1 Å². The van der Waals surface area contributed by atoms with Gasteiger partial charge in [-0.2, -0.15) is 0 Å². The fourth-order valence-corrected chi connectivity index (χ4v) is 1.87. The Morgan fingerprint density at radius 1 is 1.33 bits per heavy atom. The Bertz CT molecular complexity index is 388. The van der Waals surface area contributed by atoms with Crippen LogP contribution in [0.3, 0.4) is 0 Å². The van der Waals surface area contributed by atoms with Crippen molar-refractivity contribution in [2.24, 2.45) is 11.7 Å². The quantitative estimate of drug-likeness (QED) is 0.812. The van der Waals surface area contributed by atoms with Gasteiger partial charge in [0.05, 0.1) is 0 Å². The highest BCUT2D eigenvalue weighted by Crippen LogP contribution is 2.14. The molecule has 1 amide bonds. The molecule has 0 fully saturated rings. The molecule has 3 heteroatoms. The Morgan fingerprint density at radius 2 is 2.06 bits per heavy atom. The van der Waals surface area contributed by atoms with Crippen LogP contribution in [-0.2, 0) is 4.79 Å². The number of hydrogen-bond donors (Lipinski definition) is 2. The highest BCUT2D eigenvalue weighted by Gasteiger charge is 2.12. The summed E-state index contributed by atoms with van der Waals surface area (Å²) in [5.41, 5.74) is 7.72. The Kier molecular flexibility index (Phi) is 5.86. The molecule has 0 aromatic heterocycles. The molecule has 2 atom stereocenters. The third-order valence-electron chi connectivity index (χ3n) is 3.03. The average Bonchev–Trinajstić information content (AvgIpc) is 2.28. The topological polar surface area (TPSA) is 55.1 Å². The van der Waals surface area contributed by atoms with Crippen LogP contribution in [0, 0.1) is 12.8 Å². The van der Waals surface area contributed by atoms with Crippen LogP contribution < -0.4 is 11.1 Å². The molecule has 3 nitrogen and oxygen atoms in total. The Balaban J connectivity index is 2.40. The number of hydrogen-bond acceptors (Lipinski definition) is 2. The van der Waals surface area contributed by atoms with E-state index in [4.69, 9.17) is 5.73 Å². The Morgan fingerprint density at radius 3 is 2.67 bits per heavy atom. The predicted octanol–water partition coefficient (Wildman–Crippen LogP) is 3.09. The van der Waals surface area contributed by atoms with Gasteiger partial charge in [-0.1, -0.05) is 25.5 Å². The van der Waals surface area contributed by atoms with E-state index in [0.717, 1.165) is 30.5 Å². The molecule has 100 valence electrons. The lowest BCUT2D eigenvalue weighted by Crippen LogP contribution is -2.21. The third kappa shape index (κ3) is 5.32. The van der Waals surface area contributed by atoms with Gasteiger partial charge in [-0.3, -0.25) is 4.79 Å². The lowest BCUT2D eigenvalue weighted by Gasteiger charge is -2.13. The van der Waals surface area contributed by atoms with Crippen molar-refractivity contribution in [2.45, 2.75) is 46.1 Å². The number of amides is 1. The minimum Gasteiger partial charge on any atom is -0.328 e. The van der Waals surface area contributed by atoms with Gasteiger partial charge in [0.1, 0.15) is 0 Å². The number of benzene rings is 1. The van der Waals surface area contributed by atoms with Crippen molar-refractivity contribution in [3.05, 3.63) is 29.8 Å². The minimum absolute atomic E-state index is 0.0317. The van der Waals surface area contributed by atoms with E-state index in [0.29, 0.717) is 0 Å². The highest BCUT2D eigenvalue weighted by molar-refractivity contribution is 5.92. The maximum atomic E-state index is 12.0. The van der Waals surface area contributed by atoms with Crippen LogP contribution in [0.25, 0.3) is 0 Å². The van der Waals surface area contributed by atoms with Crippen LogP contribution in [0.1, 0.15) is 38.7 Å². The third-order valence-corrected chi connectivity index (χ3v) is 3.03. The van der Waals surface area contributed by atoms with Gasteiger partial charge in [0.15, 0.2) is 0 Å². The van der Waals surface area contributed by atoms with Gasteiger partial charge >= 0.3 is 0 Å². The fraction of sp³-hybridized carbons (Fsp3) is 0.533. The summed E-state index contributed by atoms with van der Waals surface area (Å²) in [5, 5.41) is 2.95. The summed E-state index contributed by atoms with van der Waals surface area (Å²) < 4.78 is 0. The zero-order valence-corrected chi connectivity index (χ0v) is 11.6. The summed E-state index contributed by atoms with van der Waals surface area (Å²) in [6.07, 6.45) is 2.86. The maximum absolute atomic E-state index is 12.0. The molecule has 0 saturated heterocycles. The van der Waals surface area contributed by atoms with Crippen LogP contribution in [0.2, 0.25) is 0 Å². The van der Waals surface area contributed by atoms with Crippen molar-refractivity contribution >= 4 is 11.6 Å². The number of rotatable bonds is 6. The first-order valence-corrected chi connectivity index (χ1v) is 6.62. The molecule has 1 aromatic rings. The van der Waals surface area contributed by atoms with Crippen molar-refractivity contribution in [3.63, 3.8) is 0 Å². The van der Waals surface area contributed by atoms with Crippen LogP contribution in [0.4, 0.5) is 5.69 Å². The van der Waals surface area contributed by atoms with Crippen LogP contribution in [0.15, 0.2) is 24.3 Å². The Hall–Kier alpha value is -1.35. The van der Waals surface area contributed by atoms with E-state index in [1.54, 1.807) is 0 Å². The normalized spacial score (nSPS) is 14.0. The molecular formula is C15H24N2O. The van der Waals surface area contributed by atoms with E-state index in [-0.39, 0.29) is 17.9 Å². The lowest BCUT2D eigenvalue weighted by molar-refractivity contribution is -0.119. The molecular weight excluding hydrogens is 224 g/mol. The molecule has 0 aliphatic carbocycles. The van der Waals surface area contributed by atoms with Crippen molar-refractivity contribution in [3.8, 4) is 0 Å². The average molecular weight is 248 g/mol. The highest BCUT2D eigenvalue weighted by atomic mass is 16.1. The second-order valence-electron chi connectivity index (χ2n) is 5.17. The SMILES string of the molecule is Cc1cccc(NC(=O)C(C)CCCC(C)N)c1. The number of carbonyl (C=O) groups excluding carboxylic acids is 1. The molecule has 0 aliphatic heterocycles. The molecule has 0 bridgehead atoms. The summed E-state index contributed by atoms with van der Waals surface area (Å²) >= 11 is 0. The van der Waals surface area contributed by atoms with E-state index in [1.165, 1.54) is 0 Å². The predicted molar refractivity (Wildman–Crippen MR) is 76.5 cm³/mol.